The van der Waals surface area contributed by atoms with Crippen molar-refractivity contribution < 1.29 is 29.3 Å². The van der Waals surface area contributed by atoms with Crippen LogP contribution in [-0.4, -0.2) is 69.3 Å². The van der Waals surface area contributed by atoms with E-state index in [2.05, 4.69) is 9.97 Å². The summed E-state index contributed by atoms with van der Waals surface area (Å²) in [6.45, 7) is 1.38. The van der Waals surface area contributed by atoms with Crippen molar-refractivity contribution >= 4 is 36.5 Å². The number of nitrogens with two attached hydrogens (primary N) is 2. The number of fused-ring (bicyclic) bond motifs is 1. The molecule has 4 atom stereocenters. The third kappa shape index (κ3) is 2.98. The molecule has 6 N–H and O–H groups in total. The molecular weight excluding hydrogens is 345 g/mol. The van der Waals surface area contributed by atoms with E-state index in [0.717, 1.165) is 0 Å². The van der Waals surface area contributed by atoms with Crippen molar-refractivity contribution in [2.75, 3.05) is 12.3 Å². The summed E-state index contributed by atoms with van der Waals surface area (Å²) >= 11 is 0. The molecule has 0 aromatic carbocycles. The monoisotopic (exact) mass is 363 g/mol. The van der Waals surface area contributed by atoms with Gasteiger partial charge in [0.25, 0.3) is 5.91 Å². The molecule has 2 aromatic rings. The van der Waals surface area contributed by atoms with E-state index in [1.54, 1.807) is 6.92 Å². The second-order valence-electron chi connectivity index (χ2n) is 6.02. The predicted octanol–water partition coefficient (Wildman–Crippen LogP) is -2.19. The molecule has 0 bridgehead atoms. The fraction of sp³-hybridized carbons (Fsp3) is 0.429. The van der Waals surface area contributed by atoms with Gasteiger partial charge in [-0.1, -0.05) is 0 Å². The minimum Gasteiger partial charge on any atom is -0.471 e. The van der Waals surface area contributed by atoms with Crippen LogP contribution in [0.4, 0.5) is 10.6 Å². The highest BCUT2D eigenvalue weighted by Gasteiger charge is 2.45. The van der Waals surface area contributed by atoms with Crippen LogP contribution in [0.1, 0.15) is 22.4 Å². The summed E-state index contributed by atoms with van der Waals surface area (Å²) in [4.78, 5) is 31.0. The first-order valence-electron chi connectivity index (χ1n) is 7.80. The van der Waals surface area contributed by atoms with Crippen LogP contribution in [0.2, 0.25) is 0 Å². The lowest BCUT2D eigenvalue weighted by Crippen LogP contribution is -2.34. The molecule has 0 aliphatic carbocycles. The number of hydrogen-bond acceptors (Lipinski definition) is 9. The number of carbonyl (C=O) groups excluding carboxylic acids is 2. The second kappa shape index (κ2) is 6.55. The molecule has 1 amide bonds. The number of anilines is 1. The second-order valence-corrected chi connectivity index (χ2v) is 6.02. The molecule has 1 saturated heterocycles. The summed E-state index contributed by atoms with van der Waals surface area (Å²) in [5.74, 6) is -0.894. The molecule has 26 heavy (non-hydrogen) atoms. The predicted molar refractivity (Wildman–Crippen MR) is 91.0 cm³/mol. The average molecular weight is 363 g/mol. The van der Waals surface area contributed by atoms with Crippen molar-refractivity contribution in [2.24, 2.45) is 5.73 Å². The zero-order valence-electron chi connectivity index (χ0n) is 14.1. The molecule has 1 aliphatic rings. The van der Waals surface area contributed by atoms with Gasteiger partial charge in [0.2, 0.25) is 13.7 Å². The zero-order valence-corrected chi connectivity index (χ0v) is 14.1. The van der Waals surface area contributed by atoms with E-state index in [1.807, 2.05) is 0 Å². The first-order chi connectivity index (χ1) is 12.2. The maximum Gasteiger partial charge on any atom is 0.251 e. The Morgan fingerprint density at radius 1 is 1.38 bits per heavy atom. The number of nitrogen functional groups attached to an aromatic ring is 1. The quantitative estimate of drug-likeness (QED) is 0.440. The van der Waals surface area contributed by atoms with E-state index < -0.39 is 36.3 Å². The van der Waals surface area contributed by atoms with Crippen molar-refractivity contribution in [3.05, 3.63) is 17.6 Å². The van der Waals surface area contributed by atoms with Crippen LogP contribution in [0, 0.1) is 6.92 Å². The van der Waals surface area contributed by atoms with E-state index in [9.17, 15) is 19.8 Å². The molecule has 1 aliphatic heterocycles. The van der Waals surface area contributed by atoms with Gasteiger partial charge in [-0.05, 0) is 6.92 Å². The number of hydrogen-bond donors (Lipinski definition) is 4. The van der Waals surface area contributed by atoms with Gasteiger partial charge < -0.3 is 35.7 Å². The third-order valence-electron chi connectivity index (χ3n) is 4.14. The summed E-state index contributed by atoms with van der Waals surface area (Å²) in [6, 6.07) is 0. The molecule has 3 heterocycles. The van der Waals surface area contributed by atoms with Crippen molar-refractivity contribution in [3.8, 4) is 0 Å². The molecule has 0 radical (unpaired) electrons. The number of rotatable bonds is 4. The Balaban J connectivity index is 2.05. The highest BCUT2D eigenvalue weighted by Crippen LogP contribution is 2.34. The molecule has 3 rings (SSSR count). The van der Waals surface area contributed by atoms with Crippen LogP contribution in [0.5, 0.6) is 0 Å². The lowest BCUT2D eigenvalue weighted by atomic mass is 10.1. The summed E-state index contributed by atoms with van der Waals surface area (Å²) in [6.07, 6.45) is -3.37. The van der Waals surface area contributed by atoms with Crippen LogP contribution < -0.4 is 11.5 Å². The van der Waals surface area contributed by atoms with Gasteiger partial charge in [0, 0.05) is 6.20 Å². The smallest absolute Gasteiger partial charge is 0.251 e. The van der Waals surface area contributed by atoms with E-state index in [1.165, 1.54) is 18.6 Å². The number of ether oxygens (including phenoxy) is 2. The lowest BCUT2D eigenvalue weighted by Gasteiger charge is -2.17. The number of amides is 1. The minimum absolute atomic E-state index is 0.0598. The van der Waals surface area contributed by atoms with E-state index in [-0.39, 0.29) is 29.0 Å². The molecule has 0 saturated carbocycles. The Morgan fingerprint density at radius 3 is 2.69 bits per heavy atom. The molecule has 138 valence electrons. The van der Waals surface area contributed by atoms with Gasteiger partial charge in [-0.15, -0.1) is 0 Å². The van der Waals surface area contributed by atoms with Crippen molar-refractivity contribution in [1.82, 2.24) is 14.5 Å². The van der Waals surface area contributed by atoms with E-state index >= 15 is 0 Å². The number of nitrogens with zero attached hydrogens (tertiary/aromatic N) is 3. The molecule has 2 aromatic heterocycles. The highest BCUT2D eigenvalue weighted by molar-refractivity contribution is 6.55. The molecule has 12 heteroatoms. The molecule has 0 spiro atoms. The number of aliphatic hydroxyl groups is 2. The third-order valence-corrected chi connectivity index (χ3v) is 4.14. The molecule has 4 unspecified atom stereocenters. The van der Waals surface area contributed by atoms with Gasteiger partial charge in [0.15, 0.2) is 6.23 Å². The van der Waals surface area contributed by atoms with E-state index in [4.69, 9.17) is 20.9 Å². The molecular formula is C14H18BN5O6. The van der Waals surface area contributed by atoms with Crippen molar-refractivity contribution in [1.29, 1.82) is 0 Å². The highest BCUT2D eigenvalue weighted by atomic mass is 16.6. The zero-order chi connectivity index (χ0) is 19.2. The fourth-order valence-corrected chi connectivity index (χ4v) is 2.97. The Kier molecular flexibility index (Phi) is 4.56. The van der Waals surface area contributed by atoms with Gasteiger partial charge in [-0.2, -0.15) is 0 Å². The fourth-order valence-electron chi connectivity index (χ4n) is 2.97. The standard InChI is InChI=1S/C14H18BN5O6/c1-4-18-10(16)7-5(11(17)23)2-20(12(7)19-4)13-9(22)8(21)6(26-13)3-25-14(15)24/h2,6,8-9,13,21-22H,3,15H2,1H3,(H2,17,23)(H2,16,18,19). The summed E-state index contributed by atoms with van der Waals surface area (Å²) in [7, 11) is 1.22. The Morgan fingerprint density at radius 2 is 2.08 bits per heavy atom. The van der Waals surface area contributed by atoms with Gasteiger partial charge in [0.1, 0.15) is 42.2 Å². The summed E-state index contributed by atoms with van der Waals surface area (Å²) < 4.78 is 11.8. The SMILES string of the molecule is BC(=O)OCC1OC(n2cc(C(N)=O)c3c(N)nc(C)nc32)C(O)C1O. The topological polar surface area (TPSA) is 176 Å². The molecule has 11 nitrogen and oxygen atoms in total. The summed E-state index contributed by atoms with van der Waals surface area (Å²) in [5.41, 5.74) is 11.6. The maximum absolute atomic E-state index is 11.8. The van der Waals surface area contributed by atoms with Gasteiger partial charge in [0.05, 0.1) is 10.9 Å². The van der Waals surface area contributed by atoms with Crippen LogP contribution in [0.25, 0.3) is 11.0 Å². The Hall–Kier alpha value is -2.70. The average Bonchev–Trinajstić information content (AvgIpc) is 3.05. The minimum atomic E-state index is -1.36. The molecule has 1 fully saturated rings. The number of carbonyl (C=O) groups is 2. The van der Waals surface area contributed by atoms with Crippen molar-refractivity contribution in [3.63, 3.8) is 0 Å². The lowest BCUT2D eigenvalue weighted by molar-refractivity contribution is -0.0511. The van der Waals surface area contributed by atoms with Gasteiger partial charge >= 0.3 is 0 Å². The number of primary amides is 1. The first-order valence-corrected chi connectivity index (χ1v) is 7.80. The number of aromatic nitrogens is 3. The van der Waals surface area contributed by atoms with Crippen LogP contribution in [-0.2, 0) is 9.47 Å². The Bertz CT molecular complexity index is 886. The van der Waals surface area contributed by atoms with Gasteiger partial charge in [-0.3, -0.25) is 9.59 Å². The largest absolute Gasteiger partial charge is 0.471 e. The van der Waals surface area contributed by atoms with Crippen LogP contribution in [0.15, 0.2) is 6.20 Å². The number of aliphatic hydroxyl groups excluding tert-OH is 2. The normalized spacial score (nSPS) is 25.5. The first kappa shape index (κ1) is 18.1. The van der Waals surface area contributed by atoms with Gasteiger partial charge in [-0.25, -0.2) is 9.97 Å². The van der Waals surface area contributed by atoms with Crippen LogP contribution in [0.3, 0.4) is 0 Å². The van der Waals surface area contributed by atoms with E-state index in [0.29, 0.717) is 5.82 Å². The summed E-state index contributed by atoms with van der Waals surface area (Å²) in [5, 5.41) is 20.8. The number of aryl methyl sites for hydroxylation is 1. The maximum atomic E-state index is 11.8. The van der Waals surface area contributed by atoms with Crippen molar-refractivity contribution in [2.45, 2.75) is 31.5 Å². The Labute approximate surface area is 148 Å². The van der Waals surface area contributed by atoms with Crippen LogP contribution >= 0.6 is 0 Å².